The van der Waals surface area contributed by atoms with Gasteiger partial charge < -0.3 is 9.30 Å². The zero-order chi connectivity index (χ0) is 20.5. The number of benzene rings is 1. The molecule has 0 radical (unpaired) electrons. The summed E-state index contributed by atoms with van der Waals surface area (Å²) in [5.74, 6) is -0.777. The number of hydrogen-bond acceptors (Lipinski definition) is 6. The van der Waals surface area contributed by atoms with Crippen molar-refractivity contribution in [2.24, 2.45) is 0 Å². The molecule has 0 aliphatic carbocycles. The summed E-state index contributed by atoms with van der Waals surface area (Å²) in [5.41, 5.74) is 2.59. The van der Waals surface area contributed by atoms with Crippen LogP contribution in [0.2, 0.25) is 0 Å². The third-order valence-electron chi connectivity index (χ3n) is 4.98. The number of hydrogen-bond donors (Lipinski definition) is 0. The van der Waals surface area contributed by atoms with Crippen LogP contribution >= 0.6 is 0 Å². The summed E-state index contributed by atoms with van der Waals surface area (Å²) in [6.45, 7) is 3.18. The van der Waals surface area contributed by atoms with Crippen molar-refractivity contribution in [1.29, 1.82) is 0 Å². The summed E-state index contributed by atoms with van der Waals surface area (Å²) < 4.78 is 30.5. The Morgan fingerprint density at radius 3 is 2.46 bits per heavy atom. The fourth-order valence-electron chi connectivity index (χ4n) is 3.59. The number of ether oxygens (including phenoxy) is 1. The molecule has 2 aromatic rings. The van der Waals surface area contributed by atoms with Gasteiger partial charge >= 0.3 is 5.97 Å². The number of carbonyl (C=O) groups is 3. The molecule has 0 amide bonds. The van der Waals surface area contributed by atoms with E-state index in [2.05, 4.69) is 0 Å². The van der Waals surface area contributed by atoms with E-state index in [1.54, 1.807) is 13.0 Å². The molecule has 148 valence electrons. The number of aromatic nitrogens is 1. The van der Waals surface area contributed by atoms with Crippen LogP contribution in [0.1, 0.15) is 54.9 Å². The Kier molecular flexibility index (Phi) is 5.51. The summed E-state index contributed by atoms with van der Waals surface area (Å²) in [6, 6.07) is 7.44. The second kappa shape index (κ2) is 7.71. The lowest BCUT2D eigenvalue weighted by atomic mass is 10.1. The first-order chi connectivity index (χ1) is 13.2. The molecule has 0 spiro atoms. The van der Waals surface area contributed by atoms with Gasteiger partial charge in [0.2, 0.25) is 5.78 Å². The first kappa shape index (κ1) is 20.0. The predicted molar refractivity (Wildman–Crippen MR) is 103 cm³/mol. The van der Waals surface area contributed by atoms with Crippen molar-refractivity contribution in [3.63, 3.8) is 0 Å². The van der Waals surface area contributed by atoms with Crippen LogP contribution < -0.4 is 0 Å². The first-order valence-electron chi connectivity index (χ1n) is 8.86. The van der Waals surface area contributed by atoms with E-state index in [0.717, 1.165) is 5.69 Å². The second-order valence-electron chi connectivity index (χ2n) is 6.95. The smallest absolute Gasteiger partial charge is 0.338 e. The first-order valence-corrected chi connectivity index (χ1v) is 10.7. The van der Waals surface area contributed by atoms with Crippen molar-refractivity contribution in [2.75, 3.05) is 18.1 Å². The monoisotopic (exact) mass is 403 g/mol. The van der Waals surface area contributed by atoms with Crippen LogP contribution in [0.25, 0.3) is 0 Å². The molecule has 1 saturated heterocycles. The second-order valence-corrected chi connectivity index (χ2v) is 9.18. The zero-order valence-corrected chi connectivity index (χ0v) is 16.5. The molecule has 1 atom stereocenters. The molecule has 0 bridgehead atoms. The van der Waals surface area contributed by atoms with Crippen molar-refractivity contribution in [3.8, 4) is 0 Å². The lowest BCUT2D eigenvalue weighted by Crippen LogP contribution is -2.17. The van der Waals surface area contributed by atoms with E-state index in [-0.39, 0.29) is 28.9 Å². The fraction of sp³-hybridized carbons (Fsp3) is 0.350. The van der Waals surface area contributed by atoms with E-state index < -0.39 is 22.4 Å². The number of rotatable bonds is 6. The minimum Gasteiger partial charge on any atom is -0.454 e. The standard InChI is InChI=1S/C20H21NO6S/c1-13-9-18(14(2)21(13)17-7-8-28(25,26)12-17)19(23)11-27-20(24)16-5-3-15(10-22)4-6-16/h3-6,9-10,17H,7-8,11-12H2,1-2H3/t17-/m0/s1. The lowest BCUT2D eigenvalue weighted by molar-refractivity contribution is 0.0474. The van der Waals surface area contributed by atoms with Gasteiger partial charge in [0.15, 0.2) is 16.4 Å². The third-order valence-corrected chi connectivity index (χ3v) is 6.73. The van der Waals surface area contributed by atoms with Crippen LogP contribution in [-0.4, -0.2) is 49.1 Å². The molecule has 1 aromatic carbocycles. The van der Waals surface area contributed by atoms with E-state index >= 15 is 0 Å². The highest BCUT2D eigenvalue weighted by Crippen LogP contribution is 2.29. The Labute approximate surface area is 163 Å². The highest BCUT2D eigenvalue weighted by molar-refractivity contribution is 7.91. The van der Waals surface area contributed by atoms with E-state index in [1.807, 2.05) is 11.5 Å². The number of carbonyl (C=O) groups excluding carboxylic acids is 3. The largest absolute Gasteiger partial charge is 0.454 e. The van der Waals surface area contributed by atoms with Crippen LogP contribution in [0, 0.1) is 13.8 Å². The Morgan fingerprint density at radius 1 is 1.21 bits per heavy atom. The Balaban J connectivity index is 1.70. The molecule has 1 aliphatic heterocycles. The van der Waals surface area contributed by atoms with Crippen molar-refractivity contribution in [1.82, 2.24) is 4.57 Å². The minimum atomic E-state index is -3.04. The molecule has 8 heteroatoms. The Hall–Kier alpha value is -2.74. The van der Waals surface area contributed by atoms with Gasteiger partial charge in [0.05, 0.1) is 17.1 Å². The number of esters is 1. The normalized spacial score (nSPS) is 18.0. The molecule has 0 unspecified atom stereocenters. The summed E-state index contributed by atoms with van der Waals surface area (Å²) in [6.07, 6.45) is 1.20. The topological polar surface area (TPSA) is 99.5 Å². The van der Waals surface area contributed by atoms with Crippen molar-refractivity contribution >= 4 is 27.9 Å². The van der Waals surface area contributed by atoms with Gasteiger partial charge in [-0.15, -0.1) is 0 Å². The summed E-state index contributed by atoms with van der Waals surface area (Å²) in [4.78, 5) is 35.3. The SMILES string of the molecule is Cc1cc(C(=O)COC(=O)c2ccc(C=O)cc2)c(C)n1[C@H]1CCS(=O)(=O)C1. The van der Waals surface area contributed by atoms with Gasteiger partial charge in [0.25, 0.3) is 0 Å². The molecular weight excluding hydrogens is 382 g/mol. The lowest BCUT2D eigenvalue weighted by Gasteiger charge is -2.16. The summed E-state index contributed by atoms with van der Waals surface area (Å²) >= 11 is 0. The molecule has 28 heavy (non-hydrogen) atoms. The maximum atomic E-state index is 12.6. The molecule has 7 nitrogen and oxygen atoms in total. The van der Waals surface area contributed by atoms with Gasteiger partial charge in [-0.05, 0) is 38.5 Å². The third kappa shape index (κ3) is 4.06. The van der Waals surface area contributed by atoms with Crippen LogP contribution in [0.15, 0.2) is 30.3 Å². The molecule has 1 aromatic heterocycles. The molecule has 1 aliphatic rings. The van der Waals surface area contributed by atoms with Crippen LogP contribution in [0.3, 0.4) is 0 Å². The van der Waals surface area contributed by atoms with Gasteiger partial charge in [-0.2, -0.15) is 0 Å². The molecule has 3 rings (SSSR count). The average molecular weight is 403 g/mol. The van der Waals surface area contributed by atoms with Crippen LogP contribution in [0.5, 0.6) is 0 Å². The van der Waals surface area contributed by atoms with Crippen molar-refractivity contribution < 1.29 is 27.5 Å². The predicted octanol–water partition coefficient (Wildman–Crippen LogP) is 2.32. The van der Waals surface area contributed by atoms with E-state index in [1.165, 1.54) is 24.3 Å². The number of ketones is 1. The highest BCUT2D eigenvalue weighted by Gasteiger charge is 2.31. The maximum absolute atomic E-state index is 12.6. The minimum absolute atomic E-state index is 0.0722. The Morgan fingerprint density at radius 2 is 1.89 bits per heavy atom. The number of aldehydes is 1. The van der Waals surface area contributed by atoms with Crippen LogP contribution in [0.4, 0.5) is 0 Å². The van der Waals surface area contributed by atoms with Crippen LogP contribution in [-0.2, 0) is 14.6 Å². The number of nitrogens with zero attached hydrogens (tertiary/aromatic N) is 1. The molecule has 0 saturated carbocycles. The summed E-state index contributed by atoms with van der Waals surface area (Å²) in [7, 11) is -3.04. The van der Waals surface area contributed by atoms with E-state index in [4.69, 9.17) is 4.74 Å². The highest BCUT2D eigenvalue weighted by atomic mass is 32.2. The van der Waals surface area contributed by atoms with Gasteiger partial charge in [-0.25, -0.2) is 13.2 Å². The zero-order valence-electron chi connectivity index (χ0n) is 15.7. The quantitative estimate of drug-likeness (QED) is 0.417. The van der Waals surface area contributed by atoms with Crippen molar-refractivity contribution in [3.05, 3.63) is 58.4 Å². The number of aryl methyl sites for hydroxylation is 1. The van der Waals surface area contributed by atoms with E-state index in [0.29, 0.717) is 29.5 Å². The summed E-state index contributed by atoms with van der Waals surface area (Å²) in [5, 5.41) is 0. The fourth-order valence-corrected chi connectivity index (χ4v) is 5.29. The van der Waals surface area contributed by atoms with E-state index in [9.17, 15) is 22.8 Å². The van der Waals surface area contributed by atoms with Gasteiger partial charge in [0, 0.05) is 28.6 Å². The molecule has 1 fully saturated rings. The molecular formula is C20H21NO6S. The average Bonchev–Trinajstić information content (AvgIpc) is 3.17. The van der Waals surface area contributed by atoms with Gasteiger partial charge in [-0.1, -0.05) is 12.1 Å². The van der Waals surface area contributed by atoms with Gasteiger partial charge in [-0.3, -0.25) is 9.59 Å². The van der Waals surface area contributed by atoms with Crippen molar-refractivity contribution in [2.45, 2.75) is 26.3 Å². The maximum Gasteiger partial charge on any atom is 0.338 e. The number of Topliss-reactive ketones (excluding diaryl/α,β-unsaturated/α-hetero) is 1. The molecule has 2 heterocycles. The Bertz CT molecular complexity index is 1030. The van der Waals surface area contributed by atoms with Gasteiger partial charge in [0.1, 0.15) is 6.29 Å². The number of sulfone groups is 1. The molecule has 0 N–H and O–H groups in total.